The lowest BCUT2D eigenvalue weighted by atomic mass is 9.90. The van der Waals surface area contributed by atoms with Crippen molar-refractivity contribution < 1.29 is 52.3 Å². The van der Waals surface area contributed by atoms with Crippen molar-refractivity contribution in [2.24, 2.45) is 5.92 Å². The van der Waals surface area contributed by atoms with Crippen LogP contribution in [0.3, 0.4) is 0 Å². The van der Waals surface area contributed by atoms with E-state index in [0.717, 1.165) is 29.2 Å². The average Bonchev–Trinajstić information content (AvgIpc) is 4.05. The number of carbonyl (C=O) groups is 7. The van der Waals surface area contributed by atoms with Crippen molar-refractivity contribution in [2.45, 2.75) is 84.9 Å². The van der Waals surface area contributed by atoms with Gasteiger partial charge in [-0.15, -0.1) is 0 Å². The fourth-order valence-corrected chi connectivity index (χ4v) is 7.10. The molecule has 0 unspecified atom stereocenters. The Labute approximate surface area is 377 Å². The van der Waals surface area contributed by atoms with E-state index >= 15 is 0 Å². The minimum atomic E-state index is -1.24. The zero-order chi connectivity index (χ0) is 46.7. The Hall–Kier alpha value is -7.49. The molecule has 0 saturated carbocycles. The molecule has 0 fully saturated rings. The number of ether oxygens (including phenoxy) is 2. The zero-order valence-corrected chi connectivity index (χ0v) is 37.0. The number of nitrogens with zero attached hydrogens (tertiary/aromatic N) is 2. The molecule has 16 nitrogen and oxygen atoms in total. The first kappa shape index (κ1) is 48.5. The summed E-state index contributed by atoms with van der Waals surface area (Å²) in [5.41, 5.74) is 2.25. The molecule has 16 heteroatoms. The Morgan fingerprint density at radius 3 is 2.29 bits per heavy atom. The predicted octanol–water partition coefficient (Wildman–Crippen LogP) is 6.97. The highest BCUT2D eigenvalue weighted by Crippen LogP contribution is 2.30. The predicted molar refractivity (Wildman–Crippen MR) is 239 cm³/mol. The normalized spacial score (nSPS) is 12.2. The van der Waals surface area contributed by atoms with Crippen molar-refractivity contribution in [3.63, 3.8) is 0 Å². The molecule has 0 aliphatic carbocycles. The van der Waals surface area contributed by atoms with E-state index in [1.54, 1.807) is 74.5 Å². The van der Waals surface area contributed by atoms with Crippen LogP contribution in [-0.2, 0) is 35.4 Å². The second kappa shape index (κ2) is 24.4. The Balaban J connectivity index is 1.21. The van der Waals surface area contributed by atoms with Gasteiger partial charge >= 0.3 is 11.9 Å². The lowest BCUT2D eigenvalue weighted by Gasteiger charge is -2.31. The number of aromatic nitrogens is 1. The lowest BCUT2D eigenvalue weighted by molar-refractivity contribution is -0.171. The first-order valence-electron chi connectivity index (χ1n) is 21.6. The van der Waals surface area contributed by atoms with Gasteiger partial charge in [0.15, 0.2) is 5.76 Å². The Morgan fingerprint density at radius 1 is 0.831 bits per heavy atom. The molecule has 3 N–H and O–H groups in total. The van der Waals surface area contributed by atoms with Gasteiger partial charge in [-0.25, -0.2) is 9.59 Å². The van der Waals surface area contributed by atoms with E-state index in [4.69, 9.17) is 18.7 Å². The van der Waals surface area contributed by atoms with Crippen LogP contribution in [0.15, 0.2) is 114 Å². The van der Waals surface area contributed by atoms with Crippen molar-refractivity contribution >= 4 is 41.9 Å². The summed E-state index contributed by atoms with van der Waals surface area (Å²) in [5.74, 6) is -4.01. The number of Topliss-reactive ketones (excluding diaryl/α,β-unsaturated/α-hetero) is 1. The lowest BCUT2D eigenvalue weighted by Crippen LogP contribution is -2.49. The third kappa shape index (κ3) is 13.7. The molecule has 0 saturated heterocycles. The highest BCUT2D eigenvalue weighted by Gasteiger charge is 2.34. The molecule has 2 aromatic heterocycles. The van der Waals surface area contributed by atoms with Crippen LogP contribution >= 0.6 is 0 Å². The van der Waals surface area contributed by atoms with Crippen LogP contribution in [0, 0.1) is 5.92 Å². The molecular weight excluding hydrogens is 835 g/mol. The maximum absolute atomic E-state index is 13.7. The highest BCUT2D eigenvalue weighted by molar-refractivity contribution is 6.00. The first-order valence-corrected chi connectivity index (χ1v) is 21.6. The summed E-state index contributed by atoms with van der Waals surface area (Å²) in [6, 6.07) is 25.0. The summed E-state index contributed by atoms with van der Waals surface area (Å²) >= 11 is 0. The summed E-state index contributed by atoms with van der Waals surface area (Å²) in [4.78, 5) is 96.7. The molecule has 0 bridgehead atoms. The number of carbonyl (C=O) groups excluding carboxylic acids is 7. The number of furan rings is 1. The second-order valence-corrected chi connectivity index (χ2v) is 15.1. The van der Waals surface area contributed by atoms with E-state index in [0.29, 0.717) is 31.2 Å². The minimum absolute atomic E-state index is 0.0337. The van der Waals surface area contributed by atoms with Crippen LogP contribution in [0.4, 0.5) is 0 Å². The molecule has 65 heavy (non-hydrogen) atoms. The number of hydrogen-bond acceptors (Lipinski definition) is 11. The Kier molecular flexibility index (Phi) is 18.2. The van der Waals surface area contributed by atoms with Gasteiger partial charge in [0.05, 0.1) is 36.4 Å². The van der Waals surface area contributed by atoms with E-state index in [-0.39, 0.29) is 60.5 Å². The van der Waals surface area contributed by atoms with E-state index in [1.165, 1.54) is 19.1 Å². The highest BCUT2D eigenvalue weighted by atomic mass is 16.7. The Bertz CT molecular complexity index is 2400. The third-order valence-corrected chi connectivity index (χ3v) is 10.4. The number of esters is 1. The number of rotatable bonds is 25. The number of unbranched alkanes of at least 4 members (excludes halogenated alkanes) is 2. The van der Waals surface area contributed by atoms with E-state index in [2.05, 4.69) is 16.0 Å². The molecule has 3 atom stereocenters. The molecule has 5 aromatic rings. The zero-order valence-electron chi connectivity index (χ0n) is 37.0. The van der Waals surface area contributed by atoms with E-state index in [1.807, 2.05) is 48.1 Å². The van der Waals surface area contributed by atoms with E-state index in [9.17, 15) is 33.6 Å². The number of hydrogen-bond donors (Lipinski definition) is 3. The smallest absolute Gasteiger partial charge is 0.363 e. The summed E-state index contributed by atoms with van der Waals surface area (Å²) in [5, 5.41) is 8.86. The quantitative estimate of drug-likeness (QED) is 0.0180. The number of amides is 4. The summed E-state index contributed by atoms with van der Waals surface area (Å²) < 4.78 is 18.9. The third-order valence-electron chi connectivity index (χ3n) is 10.4. The van der Waals surface area contributed by atoms with Crippen molar-refractivity contribution in [1.29, 1.82) is 0 Å². The monoisotopic (exact) mass is 889 g/mol. The van der Waals surface area contributed by atoms with Crippen LogP contribution in [0.25, 0.3) is 17.0 Å². The SMILES string of the molecule is CCCCC[C@@H](C(=O)NCNC(=O)c1ccc(-c2ccc(C(=O)N[C@@H](CC(C)=O)C(=O)OCc3ccccc3)c(OCC)c2)o1)[C@@H](CC)N(C=O)OC(=O)c1cccc(-n2cccc2)c1. The molecule has 4 amide bonds. The largest absolute Gasteiger partial charge is 0.493 e. The number of ketones is 1. The van der Waals surface area contributed by atoms with Gasteiger partial charge in [-0.1, -0.05) is 75.6 Å². The topological polar surface area (TPSA) is 205 Å². The van der Waals surface area contributed by atoms with Crippen LogP contribution in [0.2, 0.25) is 0 Å². The maximum Gasteiger partial charge on any atom is 0.363 e. The van der Waals surface area contributed by atoms with Crippen LogP contribution in [0.5, 0.6) is 5.75 Å². The number of nitrogens with one attached hydrogen (secondary N) is 3. The molecule has 5 rings (SSSR count). The van der Waals surface area contributed by atoms with Gasteiger partial charge in [-0.05, 0) is 86.8 Å². The molecule has 0 radical (unpaired) electrons. The van der Waals surface area contributed by atoms with Crippen molar-refractivity contribution in [3.8, 4) is 22.8 Å². The molecule has 342 valence electrons. The second-order valence-electron chi connectivity index (χ2n) is 15.1. The van der Waals surface area contributed by atoms with Crippen LogP contribution in [-0.4, -0.2) is 76.8 Å². The molecule has 3 aromatic carbocycles. The van der Waals surface area contributed by atoms with Crippen molar-refractivity contribution in [3.05, 3.63) is 132 Å². The van der Waals surface area contributed by atoms with Gasteiger partial charge in [-0.3, -0.25) is 24.0 Å². The van der Waals surface area contributed by atoms with E-state index < -0.39 is 47.7 Å². The molecule has 2 heterocycles. The minimum Gasteiger partial charge on any atom is -0.493 e. The van der Waals surface area contributed by atoms with Gasteiger partial charge in [0.2, 0.25) is 12.3 Å². The van der Waals surface area contributed by atoms with Gasteiger partial charge < -0.3 is 39.2 Å². The van der Waals surface area contributed by atoms with Crippen molar-refractivity contribution in [2.75, 3.05) is 13.3 Å². The summed E-state index contributed by atoms with van der Waals surface area (Å²) in [6.45, 7) is 6.74. The molecule has 0 aliphatic rings. The molecular formula is C49H55N5O11. The maximum atomic E-state index is 13.7. The molecule has 0 spiro atoms. The average molecular weight is 890 g/mol. The first-order chi connectivity index (χ1) is 31.5. The van der Waals surface area contributed by atoms with Gasteiger partial charge in [0, 0.05) is 30.1 Å². The van der Waals surface area contributed by atoms with Gasteiger partial charge in [0.25, 0.3) is 11.8 Å². The fraction of sp³-hybridized carbons (Fsp3) is 0.327. The van der Waals surface area contributed by atoms with Crippen molar-refractivity contribution in [1.82, 2.24) is 25.6 Å². The number of benzene rings is 3. The van der Waals surface area contributed by atoms with Crippen LogP contribution < -0.4 is 20.7 Å². The Morgan fingerprint density at radius 2 is 1.60 bits per heavy atom. The van der Waals surface area contributed by atoms with Gasteiger partial charge in [0.1, 0.15) is 29.9 Å². The van der Waals surface area contributed by atoms with Crippen LogP contribution in [0.1, 0.15) is 103 Å². The molecule has 0 aliphatic heterocycles. The fourth-order valence-electron chi connectivity index (χ4n) is 7.10. The standard InChI is InChI=1S/C49H55N5O11/c1-5-8-10-20-38(41(6-2)54(32-55)65-48(60)36-18-15-19-37(28-36)53-25-13-14-26-53)45(57)50-31-51-47(59)43-24-23-42(64-43)35-21-22-39(44(29-35)62-7-3)46(58)52-40(27-33(4)56)49(61)63-30-34-16-11-9-12-17-34/h9,11-19,21-26,28-29,32,38,40-41H,5-8,10,20,27,30-31H2,1-4H3,(H,50,57)(H,51,59)(H,52,58)/t38-,40+,41-/m1/s1. The summed E-state index contributed by atoms with van der Waals surface area (Å²) in [6.07, 6.45) is 6.87. The number of hydroxylamine groups is 2. The van der Waals surface area contributed by atoms with Gasteiger partial charge in [-0.2, -0.15) is 5.06 Å². The summed E-state index contributed by atoms with van der Waals surface area (Å²) in [7, 11) is 0.